The lowest BCUT2D eigenvalue weighted by Crippen LogP contribution is -2.31. The highest BCUT2D eigenvalue weighted by Crippen LogP contribution is 2.24. The van der Waals surface area contributed by atoms with E-state index in [0.29, 0.717) is 11.3 Å². The molecule has 0 radical (unpaired) electrons. The second-order valence-electron chi connectivity index (χ2n) is 3.35. The summed E-state index contributed by atoms with van der Waals surface area (Å²) in [6.45, 7) is 2.31. The molecule has 1 N–H and O–H groups in total. The number of pyridine rings is 1. The fraction of sp³-hybridized carbons (Fsp3) is 0.500. The lowest BCUT2D eigenvalue weighted by molar-refractivity contribution is -0.190. The van der Waals surface area contributed by atoms with Crippen LogP contribution in [-0.2, 0) is 6.61 Å². The van der Waals surface area contributed by atoms with Gasteiger partial charge in [0.25, 0.3) is 0 Å². The van der Waals surface area contributed by atoms with Crippen molar-refractivity contribution in [2.45, 2.75) is 32.7 Å². The molecule has 1 aromatic heterocycles. The van der Waals surface area contributed by atoms with Crippen LogP contribution in [0.3, 0.4) is 0 Å². The van der Waals surface area contributed by atoms with Crippen LogP contribution >= 0.6 is 0 Å². The molecule has 0 amide bonds. The van der Waals surface area contributed by atoms with E-state index in [1.54, 1.807) is 6.92 Å². The van der Waals surface area contributed by atoms with Gasteiger partial charge in [0, 0.05) is 11.8 Å². The van der Waals surface area contributed by atoms with Crippen molar-refractivity contribution in [3.05, 3.63) is 23.4 Å². The topological polar surface area (TPSA) is 42.4 Å². The summed E-state index contributed by atoms with van der Waals surface area (Å²) in [5, 5.41) is 8.86. The summed E-state index contributed by atoms with van der Waals surface area (Å²) < 4.78 is 41.2. The number of aryl methyl sites for hydroxylation is 1. The molecule has 0 aromatic carbocycles. The normalized spacial score (nSPS) is 13.6. The van der Waals surface area contributed by atoms with Gasteiger partial charge in [0.2, 0.25) is 5.88 Å². The summed E-state index contributed by atoms with van der Waals surface area (Å²) in [6.07, 6.45) is -6.31. The average molecular weight is 235 g/mol. The molecular formula is C10H12F3NO2. The van der Waals surface area contributed by atoms with Gasteiger partial charge in [-0.1, -0.05) is 0 Å². The third-order valence-corrected chi connectivity index (χ3v) is 2.10. The molecule has 0 aliphatic carbocycles. The van der Waals surface area contributed by atoms with E-state index >= 15 is 0 Å². The van der Waals surface area contributed by atoms with E-state index in [2.05, 4.69) is 9.72 Å². The molecule has 0 saturated carbocycles. The van der Waals surface area contributed by atoms with Crippen LogP contribution in [-0.4, -0.2) is 22.4 Å². The lowest BCUT2D eigenvalue weighted by atomic mass is 10.2. The van der Waals surface area contributed by atoms with E-state index in [9.17, 15) is 13.2 Å². The average Bonchev–Trinajstić information content (AvgIpc) is 2.16. The van der Waals surface area contributed by atoms with E-state index in [-0.39, 0.29) is 12.5 Å². The smallest absolute Gasteiger partial charge is 0.425 e. The third kappa shape index (κ3) is 3.10. The van der Waals surface area contributed by atoms with Crippen molar-refractivity contribution < 1.29 is 23.0 Å². The van der Waals surface area contributed by atoms with Gasteiger partial charge >= 0.3 is 6.18 Å². The maximum atomic E-state index is 12.2. The zero-order valence-corrected chi connectivity index (χ0v) is 8.88. The van der Waals surface area contributed by atoms with Gasteiger partial charge in [-0.2, -0.15) is 13.2 Å². The van der Waals surface area contributed by atoms with Crippen LogP contribution < -0.4 is 4.74 Å². The number of hydrogen-bond donors (Lipinski definition) is 1. The molecule has 1 rings (SSSR count). The van der Waals surface area contributed by atoms with Crippen molar-refractivity contribution in [3.63, 3.8) is 0 Å². The predicted molar refractivity (Wildman–Crippen MR) is 51.0 cm³/mol. The molecule has 16 heavy (non-hydrogen) atoms. The highest BCUT2D eigenvalue weighted by molar-refractivity contribution is 5.24. The largest absolute Gasteiger partial charge is 0.465 e. The highest BCUT2D eigenvalue weighted by Gasteiger charge is 2.38. The minimum absolute atomic E-state index is 0.0977. The van der Waals surface area contributed by atoms with Crippen molar-refractivity contribution in [1.82, 2.24) is 4.98 Å². The Balaban J connectivity index is 2.79. The number of aliphatic hydroxyl groups excluding tert-OH is 1. The Morgan fingerprint density at radius 2 is 2.06 bits per heavy atom. The maximum absolute atomic E-state index is 12.2. The Hall–Kier alpha value is -1.30. The van der Waals surface area contributed by atoms with Gasteiger partial charge in [-0.05, 0) is 25.5 Å². The quantitative estimate of drug-likeness (QED) is 0.873. The third-order valence-electron chi connectivity index (χ3n) is 2.10. The molecule has 1 aromatic rings. The van der Waals surface area contributed by atoms with E-state index < -0.39 is 12.3 Å². The van der Waals surface area contributed by atoms with E-state index in [4.69, 9.17) is 5.11 Å². The van der Waals surface area contributed by atoms with Crippen molar-refractivity contribution in [2.75, 3.05) is 0 Å². The Labute approximate surface area is 90.9 Å². The summed E-state index contributed by atoms with van der Waals surface area (Å²) in [5.41, 5.74) is 1.02. The van der Waals surface area contributed by atoms with Gasteiger partial charge in [0.05, 0.1) is 6.61 Å². The van der Waals surface area contributed by atoms with Crippen LogP contribution in [0, 0.1) is 6.92 Å². The lowest BCUT2D eigenvalue weighted by Gasteiger charge is -2.17. The number of rotatable bonds is 3. The first-order valence-corrected chi connectivity index (χ1v) is 4.65. The second-order valence-corrected chi connectivity index (χ2v) is 3.35. The van der Waals surface area contributed by atoms with Crippen LogP contribution in [0.5, 0.6) is 5.88 Å². The molecule has 90 valence electrons. The first kappa shape index (κ1) is 12.8. The summed E-state index contributed by atoms with van der Waals surface area (Å²) >= 11 is 0. The number of nitrogens with zero attached hydrogens (tertiary/aromatic N) is 1. The van der Waals surface area contributed by atoms with Crippen LogP contribution in [0.2, 0.25) is 0 Å². The fourth-order valence-electron chi connectivity index (χ4n) is 1.05. The summed E-state index contributed by atoms with van der Waals surface area (Å²) in [6, 6.07) is 2.79. The number of ether oxygens (including phenoxy) is 1. The Morgan fingerprint density at radius 1 is 1.44 bits per heavy atom. The molecule has 6 heteroatoms. The minimum Gasteiger partial charge on any atom is -0.465 e. The molecule has 0 spiro atoms. The van der Waals surface area contributed by atoms with E-state index in [0.717, 1.165) is 6.92 Å². The van der Waals surface area contributed by atoms with Crippen LogP contribution in [0.4, 0.5) is 13.2 Å². The van der Waals surface area contributed by atoms with Crippen molar-refractivity contribution in [1.29, 1.82) is 0 Å². The fourth-order valence-corrected chi connectivity index (χ4v) is 1.05. The van der Waals surface area contributed by atoms with Gasteiger partial charge in [-0.15, -0.1) is 0 Å². The number of hydrogen-bond acceptors (Lipinski definition) is 3. The SMILES string of the molecule is Cc1nc(O[C@H](C)C(F)(F)F)ccc1CO. The summed E-state index contributed by atoms with van der Waals surface area (Å²) in [4.78, 5) is 3.82. The molecule has 0 aliphatic rings. The molecule has 0 aliphatic heterocycles. The standard InChI is InChI=1S/C10H12F3NO2/c1-6-8(5-15)3-4-9(14-6)16-7(2)10(11,12)13/h3-4,7,15H,5H2,1-2H3/t7-/m1/s1. The second kappa shape index (κ2) is 4.69. The first-order chi connectivity index (χ1) is 7.34. The predicted octanol–water partition coefficient (Wildman–Crippen LogP) is 2.21. The first-order valence-electron chi connectivity index (χ1n) is 4.65. The van der Waals surface area contributed by atoms with E-state index in [1.807, 2.05) is 0 Å². The molecule has 3 nitrogen and oxygen atoms in total. The van der Waals surface area contributed by atoms with Gasteiger partial charge in [0.1, 0.15) is 0 Å². The summed E-state index contributed by atoms with van der Waals surface area (Å²) in [5.74, 6) is -0.0977. The van der Waals surface area contributed by atoms with Crippen molar-refractivity contribution in [3.8, 4) is 5.88 Å². The summed E-state index contributed by atoms with van der Waals surface area (Å²) in [7, 11) is 0. The molecule has 1 heterocycles. The zero-order valence-electron chi connectivity index (χ0n) is 8.88. The molecule has 0 saturated heterocycles. The maximum Gasteiger partial charge on any atom is 0.425 e. The van der Waals surface area contributed by atoms with Crippen LogP contribution in [0.25, 0.3) is 0 Å². The number of halogens is 3. The highest BCUT2D eigenvalue weighted by atomic mass is 19.4. The Kier molecular flexibility index (Phi) is 3.74. The van der Waals surface area contributed by atoms with Gasteiger partial charge in [-0.25, -0.2) is 4.98 Å². The molecule has 0 bridgehead atoms. The monoisotopic (exact) mass is 235 g/mol. The van der Waals surface area contributed by atoms with Crippen molar-refractivity contribution in [2.24, 2.45) is 0 Å². The number of alkyl halides is 3. The van der Waals surface area contributed by atoms with Crippen LogP contribution in [0.15, 0.2) is 12.1 Å². The number of aromatic nitrogens is 1. The zero-order chi connectivity index (χ0) is 12.3. The Bertz CT molecular complexity index is 366. The van der Waals surface area contributed by atoms with Gasteiger partial charge < -0.3 is 9.84 Å². The molecule has 1 atom stereocenters. The molecule has 0 fully saturated rings. The van der Waals surface area contributed by atoms with Crippen molar-refractivity contribution >= 4 is 0 Å². The Morgan fingerprint density at radius 3 is 2.50 bits per heavy atom. The van der Waals surface area contributed by atoms with Gasteiger partial charge in [-0.3, -0.25) is 0 Å². The number of aliphatic hydroxyl groups is 1. The van der Waals surface area contributed by atoms with Crippen LogP contribution in [0.1, 0.15) is 18.2 Å². The minimum atomic E-state index is -4.41. The molecule has 0 unspecified atom stereocenters. The van der Waals surface area contributed by atoms with E-state index in [1.165, 1.54) is 12.1 Å². The molecular weight excluding hydrogens is 223 g/mol. The van der Waals surface area contributed by atoms with Gasteiger partial charge in [0.15, 0.2) is 6.10 Å².